The highest BCUT2D eigenvalue weighted by atomic mass is 127. The Kier molecular flexibility index (Phi) is 10.4. The number of rotatable bonds is 7. The number of nitrogens with one attached hydrogen (secondary N) is 2. The quantitative estimate of drug-likeness (QED) is 0.338. The monoisotopic (exact) mass is 500 g/mol. The largest absolute Gasteiger partial charge is 0.497 e. The van der Waals surface area contributed by atoms with Crippen molar-refractivity contribution in [1.29, 1.82) is 0 Å². The van der Waals surface area contributed by atoms with E-state index in [1.165, 1.54) is 57.2 Å². The van der Waals surface area contributed by atoms with Crippen LogP contribution in [0.4, 0.5) is 0 Å². The standard InChI is InChI=1S/C22H36N4O.HI/c1-3-23-22(25-20-6-4-5-7-20)24-16-18-12-14-26(15-13-18)17-19-8-10-21(27-2)11-9-19;/h8-11,18,20H,3-7,12-17H2,1-2H3,(H2,23,24,25);1H. The number of benzene rings is 1. The zero-order valence-electron chi connectivity index (χ0n) is 17.5. The second-order valence-electron chi connectivity index (χ2n) is 7.91. The van der Waals surface area contributed by atoms with Gasteiger partial charge in [0, 0.05) is 25.7 Å². The van der Waals surface area contributed by atoms with Gasteiger partial charge in [-0.2, -0.15) is 0 Å². The molecule has 0 bridgehead atoms. The number of piperidine rings is 1. The summed E-state index contributed by atoms with van der Waals surface area (Å²) in [5.74, 6) is 2.65. The van der Waals surface area contributed by atoms with Crippen LogP contribution in [0.25, 0.3) is 0 Å². The Labute approximate surface area is 187 Å². The van der Waals surface area contributed by atoms with Crippen LogP contribution >= 0.6 is 24.0 Å². The van der Waals surface area contributed by atoms with Gasteiger partial charge in [-0.15, -0.1) is 24.0 Å². The Morgan fingerprint density at radius 1 is 1.11 bits per heavy atom. The van der Waals surface area contributed by atoms with Crippen LogP contribution < -0.4 is 15.4 Å². The summed E-state index contributed by atoms with van der Waals surface area (Å²) in [5, 5.41) is 7.04. The molecule has 0 atom stereocenters. The summed E-state index contributed by atoms with van der Waals surface area (Å²) in [7, 11) is 1.72. The van der Waals surface area contributed by atoms with Crippen LogP contribution in [0.2, 0.25) is 0 Å². The van der Waals surface area contributed by atoms with E-state index in [0.717, 1.165) is 31.3 Å². The number of hydrogen-bond acceptors (Lipinski definition) is 3. The van der Waals surface area contributed by atoms with Gasteiger partial charge < -0.3 is 15.4 Å². The minimum atomic E-state index is 0. The lowest BCUT2D eigenvalue weighted by molar-refractivity contribution is 0.180. The molecule has 5 nitrogen and oxygen atoms in total. The molecule has 1 aromatic carbocycles. The van der Waals surface area contributed by atoms with E-state index in [-0.39, 0.29) is 24.0 Å². The first-order valence-corrected chi connectivity index (χ1v) is 10.7. The predicted molar refractivity (Wildman–Crippen MR) is 128 cm³/mol. The molecule has 2 aliphatic rings. The van der Waals surface area contributed by atoms with Gasteiger partial charge in [0.1, 0.15) is 5.75 Å². The highest BCUT2D eigenvalue weighted by molar-refractivity contribution is 14.0. The summed E-state index contributed by atoms with van der Waals surface area (Å²) in [6.07, 6.45) is 7.75. The summed E-state index contributed by atoms with van der Waals surface area (Å²) < 4.78 is 5.24. The molecule has 1 aliphatic carbocycles. The SMILES string of the molecule is CCNC(=NCC1CCN(Cc2ccc(OC)cc2)CC1)NC1CCCC1.I. The maximum Gasteiger partial charge on any atom is 0.191 e. The van der Waals surface area contributed by atoms with Gasteiger partial charge in [-0.25, -0.2) is 0 Å². The Morgan fingerprint density at radius 3 is 2.39 bits per heavy atom. The third kappa shape index (κ3) is 7.43. The lowest BCUT2D eigenvalue weighted by Crippen LogP contribution is -2.43. The van der Waals surface area contributed by atoms with Crippen molar-refractivity contribution >= 4 is 29.9 Å². The van der Waals surface area contributed by atoms with Crippen molar-refractivity contribution < 1.29 is 4.74 Å². The summed E-state index contributed by atoms with van der Waals surface area (Å²) in [4.78, 5) is 7.45. The molecule has 0 amide bonds. The minimum Gasteiger partial charge on any atom is -0.497 e. The van der Waals surface area contributed by atoms with Crippen molar-refractivity contribution in [3.63, 3.8) is 0 Å². The van der Waals surface area contributed by atoms with Crippen molar-refractivity contribution in [2.45, 2.75) is 58.0 Å². The van der Waals surface area contributed by atoms with E-state index in [1.807, 2.05) is 0 Å². The number of nitrogens with zero attached hydrogens (tertiary/aromatic N) is 2. The second kappa shape index (κ2) is 12.5. The molecule has 0 unspecified atom stereocenters. The number of methoxy groups -OCH3 is 1. The maximum atomic E-state index is 5.24. The molecule has 1 heterocycles. The molecule has 1 aliphatic heterocycles. The Morgan fingerprint density at radius 2 is 1.79 bits per heavy atom. The smallest absolute Gasteiger partial charge is 0.191 e. The molecule has 0 aromatic heterocycles. The van der Waals surface area contributed by atoms with E-state index in [1.54, 1.807) is 7.11 Å². The highest BCUT2D eigenvalue weighted by Gasteiger charge is 2.20. The van der Waals surface area contributed by atoms with Crippen LogP contribution in [0, 0.1) is 5.92 Å². The Hall–Kier alpha value is -1.02. The van der Waals surface area contributed by atoms with E-state index >= 15 is 0 Å². The normalized spacial score (nSPS) is 19.3. The van der Waals surface area contributed by atoms with E-state index in [4.69, 9.17) is 9.73 Å². The van der Waals surface area contributed by atoms with Gasteiger partial charge >= 0.3 is 0 Å². The maximum absolute atomic E-state index is 5.24. The van der Waals surface area contributed by atoms with E-state index in [9.17, 15) is 0 Å². The molecule has 6 heteroatoms. The van der Waals surface area contributed by atoms with Gasteiger partial charge in [0.05, 0.1) is 7.11 Å². The number of ether oxygens (including phenoxy) is 1. The zero-order chi connectivity index (χ0) is 18.9. The topological polar surface area (TPSA) is 48.9 Å². The van der Waals surface area contributed by atoms with Crippen LogP contribution in [-0.2, 0) is 6.54 Å². The fourth-order valence-corrected chi connectivity index (χ4v) is 4.12. The van der Waals surface area contributed by atoms with Gasteiger partial charge in [-0.3, -0.25) is 9.89 Å². The highest BCUT2D eigenvalue weighted by Crippen LogP contribution is 2.21. The lowest BCUT2D eigenvalue weighted by Gasteiger charge is -2.31. The average molecular weight is 500 g/mol. The molecule has 2 N–H and O–H groups in total. The summed E-state index contributed by atoms with van der Waals surface area (Å²) in [6.45, 7) is 7.38. The van der Waals surface area contributed by atoms with Crippen molar-refractivity contribution in [2.24, 2.45) is 10.9 Å². The third-order valence-corrected chi connectivity index (χ3v) is 5.82. The predicted octanol–water partition coefficient (Wildman–Crippen LogP) is 4.02. The molecule has 1 aromatic rings. The first-order valence-electron chi connectivity index (χ1n) is 10.7. The van der Waals surface area contributed by atoms with Crippen LogP contribution in [0.3, 0.4) is 0 Å². The second-order valence-corrected chi connectivity index (χ2v) is 7.91. The molecule has 3 rings (SSSR count). The molecule has 28 heavy (non-hydrogen) atoms. The van der Waals surface area contributed by atoms with Crippen molar-refractivity contribution in [2.75, 3.05) is 33.3 Å². The summed E-state index contributed by atoms with van der Waals surface area (Å²) >= 11 is 0. The minimum absolute atomic E-state index is 0. The van der Waals surface area contributed by atoms with Crippen LogP contribution in [0.1, 0.15) is 51.0 Å². The van der Waals surface area contributed by atoms with Gasteiger partial charge in [0.2, 0.25) is 0 Å². The van der Waals surface area contributed by atoms with Gasteiger partial charge in [0.25, 0.3) is 0 Å². The average Bonchev–Trinajstić information content (AvgIpc) is 3.21. The first-order chi connectivity index (χ1) is 13.3. The zero-order valence-corrected chi connectivity index (χ0v) is 19.8. The molecular formula is C22H37IN4O. The fourth-order valence-electron chi connectivity index (χ4n) is 4.12. The van der Waals surface area contributed by atoms with Gasteiger partial charge in [-0.05, 0) is 69.3 Å². The molecular weight excluding hydrogens is 463 g/mol. The van der Waals surface area contributed by atoms with E-state index in [0.29, 0.717) is 12.0 Å². The summed E-state index contributed by atoms with van der Waals surface area (Å²) in [6, 6.07) is 9.07. The third-order valence-electron chi connectivity index (χ3n) is 5.82. The fraction of sp³-hybridized carbons (Fsp3) is 0.682. The van der Waals surface area contributed by atoms with Crippen LogP contribution in [-0.4, -0.2) is 50.2 Å². The van der Waals surface area contributed by atoms with Crippen molar-refractivity contribution in [3.8, 4) is 5.75 Å². The van der Waals surface area contributed by atoms with Crippen LogP contribution in [0.15, 0.2) is 29.3 Å². The molecule has 0 radical (unpaired) electrons. The van der Waals surface area contributed by atoms with E-state index in [2.05, 4.69) is 46.7 Å². The molecule has 1 saturated heterocycles. The van der Waals surface area contributed by atoms with Gasteiger partial charge in [-0.1, -0.05) is 25.0 Å². The number of likely N-dealkylation sites (tertiary alicyclic amines) is 1. The number of halogens is 1. The molecule has 0 spiro atoms. The summed E-state index contributed by atoms with van der Waals surface area (Å²) in [5.41, 5.74) is 1.36. The first kappa shape index (κ1) is 23.3. The number of guanidine groups is 1. The van der Waals surface area contributed by atoms with Gasteiger partial charge in [0.15, 0.2) is 5.96 Å². The molecule has 1 saturated carbocycles. The number of aliphatic imine (C=N–C) groups is 1. The Bertz CT molecular complexity index is 579. The van der Waals surface area contributed by atoms with E-state index < -0.39 is 0 Å². The number of hydrogen-bond donors (Lipinski definition) is 2. The molecule has 158 valence electrons. The lowest BCUT2D eigenvalue weighted by atomic mass is 9.96. The Balaban J connectivity index is 0.00000280. The van der Waals surface area contributed by atoms with Crippen molar-refractivity contribution in [3.05, 3.63) is 29.8 Å². The molecule has 2 fully saturated rings. The van der Waals surface area contributed by atoms with Crippen molar-refractivity contribution in [1.82, 2.24) is 15.5 Å². The van der Waals surface area contributed by atoms with Crippen LogP contribution in [0.5, 0.6) is 5.75 Å².